The van der Waals surface area contributed by atoms with Gasteiger partial charge in [-0.1, -0.05) is 51.1 Å². The first-order chi connectivity index (χ1) is 10.4. The van der Waals surface area contributed by atoms with Gasteiger partial charge in [-0.2, -0.15) is 0 Å². The number of nitrogens with zero attached hydrogens (tertiary/aromatic N) is 1. The maximum atomic E-state index is 9.82. The van der Waals surface area contributed by atoms with E-state index >= 15 is 0 Å². The van der Waals surface area contributed by atoms with E-state index in [2.05, 4.69) is 68.4 Å². The van der Waals surface area contributed by atoms with Crippen LogP contribution >= 0.6 is 0 Å². The Labute approximate surface area is 135 Å². The van der Waals surface area contributed by atoms with Crippen LogP contribution in [-0.2, 0) is 0 Å². The second-order valence-corrected chi connectivity index (χ2v) is 7.65. The fourth-order valence-electron chi connectivity index (χ4n) is 3.57. The van der Waals surface area contributed by atoms with Crippen molar-refractivity contribution >= 4 is 0 Å². The van der Waals surface area contributed by atoms with Gasteiger partial charge in [0, 0.05) is 31.7 Å². The summed E-state index contributed by atoms with van der Waals surface area (Å²) in [4.78, 5) is 2.41. The third-order valence-corrected chi connectivity index (χ3v) is 5.25. The molecule has 1 aromatic carbocycles. The summed E-state index contributed by atoms with van der Waals surface area (Å²) in [5.41, 5.74) is 1.19. The number of nitrogens with one attached hydrogen (secondary N) is 1. The lowest BCUT2D eigenvalue weighted by atomic mass is 9.75. The number of hydrogen-bond donors (Lipinski definition) is 2. The molecule has 0 radical (unpaired) electrons. The summed E-state index contributed by atoms with van der Waals surface area (Å²) in [6.45, 7) is 10.1. The van der Waals surface area contributed by atoms with Crippen molar-refractivity contribution in [1.82, 2.24) is 10.2 Å². The minimum Gasteiger partial charge on any atom is -0.396 e. The molecule has 0 amide bonds. The van der Waals surface area contributed by atoms with Crippen LogP contribution in [0.4, 0.5) is 0 Å². The SMILES string of the molecule is CC1CN(C)CCC1NCC(c1ccccc1)C(C)(C)CO. The molecule has 1 saturated heterocycles. The van der Waals surface area contributed by atoms with Crippen LogP contribution in [0.2, 0.25) is 0 Å². The summed E-state index contributed by atoms with van der Waals surface area (Å²) in [6, 6.07) is 11.2. The summed E-state index contributed by atoms with van der Waals surface area (Å²) >= 11 is 0. The highest BCUT2D eigenvalue weighted by molar-refractivity contribution is 5.22. The van der Waals surface area contributed by atoms with Crippen molar-refractivity contribution in [3.05, 3.63) is 35.9 Å². The van der Waals surface area contributed by atoms with Crippen LogP contribution < -0.4 is 5.32 Å². The van der Waals surface area contributed by atoms with Crippen molar-refractivity contribution in [2.24, 2.45) is 11.3 Å². The molecule has 3 nitrogen and oxygen atoms in total. The highest BCUT2D eigenvalue weighted by Gasteiger charge is 2.32. The molecule has 2 rings (SSSR count). The zero-order valence-corrected chi connectivity index (χ0v) is 14.5. The molecule has 1 aliphatic rings. The second kappa shape index (κ2) is 7.58. The van der Waals surface area contributed by atoms with Gasteiger partial charge in [-0.3, -0.25) is 0 Å². The van der Waals surface area contributed by atoms with Crippen LogP contribution in [0, 0.1) is 11.3 Å². The number of benzene rings is 1. The van der Waals surface area contributed by atoms with E-state index in [9.17, 15) is 5.11 Å². The zero-order valence-electron chi connectivity index (χ0n) is 14.5. The van der Waals surface area contributed by atoms with Crippen LogP contribution in [0.3, 0.4) is 0 Å². The predicted molar refractivity (Wildman–Crippen MR) is 93.1 cm³/mol. The molecule has 3 atom stereocenters. The first-order valence-electron chi connectivity index (χ1n) is 8.52. The first kappa shape index (κ1) is 17.5. The summed E-state index contributed by atoms with van der Waals surface area (Å²) < 4.78 is 0. The number of aliphatic hydroxyl groups is 1. The molecule has 22 heavy (non-hydrogen) atoms. The predicted octanol–water partition coefficient (Wildman–Crippen LogP) is 2.72. The quantitative estimate of drug-likeness (QED) is 0.848. The Morgan fingerprint density at radius 2 is 2.00 bits per heavy atom. The number of aliphatic hydroxyl groups excluding tert-OH is 1. The standard InChI is InChI=1S/C19H32N2O/c1-15-13-21(4)11-10-18(15)20-12-17(19(2,3)14-22)16-8-6-5-7-9-16/h5-9,15,17-18,20,22H,10-14H2,1-4H3. The van der Waals surface area contributed by atoms with Crippen LogP contribution in [0.15, 0.2) is 30.3 Å². The number of hydrogen-bond acceptors (Lipinski definition) is 3. The molecule has 3 heteroatoms. The fraction of sp³-hybridized carbons (Fsp3) is 0.684. The van der Waals surface area contributed by atoms with Gasteiger partial charge < -0.3 is 15.3 Å². The van der Waals surface area contributed by atoms with E-state index < -0.39 is 0 Å². The Balaban J connectivity index is 2.04. The molecule has 1 aromatic rings. The maximum absolute atomic E-state index is 9.82. The normalized spacial score (nSPS) is 25.1. The molecule has 0 bridgehead atoms. The molecule has 124 valence electrons. The van der Waals surface area contributed by atoms with Gasteiger partial charge in [-0.05, 0) is 36.9 Å². The van der Waals surface area contributed by atoms with Crippen molar-refractivity contribution < 1.29 is 5.11 Å². The molecule has 1 aliphatic heterocycles. The molecule has 1 heterocycles. The third kappa shape index (κ3) is 4.31. The van der Waals surface area contributed by atoms with E-state index in [0.29, 0.717) is 17.9 Å². The van der Waals surface area contributed by atoms with E-state index in [0.717, 1.165) is 13.1 Å². The lowest BCUT2D eigenvalue weighted by Gasteiger charge is -2.39. The van der Waals surface area contributed by atoms with Crippen LogP contribution in [0.5, 0.6) is 0 Å². The highest BCUT2D eigenvalue weighted by Crippen LogP contribution is 2.35. The molecule has 2 N–H and O–H groups in total. The Morgan fingerprint density at radius 1 is 1.32 bits per heavy atom. The van der Waals surface area contributed by atoms with E-state index in [1.807, 2.05) is 0 Å². The van der Waals surface area contributed by atoms with Gasteiger partial charge in [0.1, 0.15) is 0 Å². The fourth-order valence-corrected chi connectivity index (χ4v) is 3.57. The third-order valence-electron chi connectivity index (χ3n) is 5.25. The molecule has 0 saturated carbocycles. The molecule has 1 fully saturated rings. The second-order valence-electron chi connectivity index (χ2n) is 7.65. The molecular weight excluding hydrogens is 272 g/mol. The first-order valence-corrected chi connectivity index (χ1v) is 8.52. The lowest BCUT2D eigenvalue weighted by molar-refractivity contribution is 0.119. The van der Waals surface area contributed by atoms with Gasteiger partial charge in [0.05, 0.1) is 0 Å². The van der Waals surface area contributed by atoms with Crippen molar-refractivity contribution in [3.8, 4) is 0 Å². The van der Waals surface area contributed by atoms with Gasteiger partial charge in [0.25, 0.3) is 0 Å². The van der Waals surface area contributed by atoms with Gasteiger partial charge in [-0.15, -0.1) is 0 Å². The van der Waals surface area contributed by atoms with Gasteiger partial charge in [0.15, 0.2) is 0 Å². The largest absolute Gasteiger partial charge is 0.396 e. The van der Waals surface area contributed by atoms with Gasteiger partial charge >= 0.3 is 0 Å². The lowest BCUT2D eigenvalue weighted by Crippen LogP contribution is -2.49. The average Bonchev–Trinajstić information content (AvgIpc) is 2.50. The zero-order chi connectivity index (χ0) is 16.2. The molecular formula is C19H32N2O. The Hall–Kier alpha value is -0.900. The summed E-state index contributed by atoms with van der Waals surface area (Å²) in [5.74, 6) is 0.998. The molecule has 3 unspecified atom stereocenters. The van der Waals surface area contributed by atoms with E-state index in [4.69, 9.17) is 0 Å². The minimum atomic E-state index is -0.122. The van der Waals surface area contributed by atoms with Crippen molar-refractivity contribution in [2.45, 2.75) is 39.2 Å². The highest BCUT2D eigenvalue weighted by atomic mass is 16.3. The van der Waals surface area contributed by atoms with Crippen molar-refractivity contribution in [2.75, 3.05) is 33.3 Å². The molecule has 0 aliphatic carbocycles. The maximum Gasteiger partial charge on any atom is 0.0488 e. The van der Waals surface area contributed by atoms with E-state index in [1.54, 1.807) is 0 Å². The Morgan fingerprint density at radius 3 is 2.59 bits per heavy atom. The summed E-state index contributed by atoms with van der Waals surface area (Å²) in [6.07, 6.45) is 1.21. The van der Waals surface area contributed by atoms with E-state index in [-0.39, 0.29) is 12.0 Å². The van der Waals surface area contributed by atoms with Crippen molar-refractivity contribution in [3.63, 3.8) is 0 Å². The smallest absolute Gasteiger partial charge is 0.0488 e. The number of piperidine rings is 1. The minimum absolute atomic E-state index is 0.122. The molecule has 0 spiro atoms. The Kier molecular flexibility index (Phi) is 6.01. The van der Waals surface area contributed by atoms with Crippen LogP contribution in [-0.4, -0.2) is 49.3 Å². The van der Waals surface area contributed by atoms with Crippen LogP contribution in [0.1, 0.15) is 38.7 Å². The van der Waals surface area contributed by atoms with Crippen LogP contribution in [0.25, 0.3) is 0 Å². The average molecular weight is 304 g/mol. The topological polar surface area (TPSA) is 35.5 Å². The summed E-state index contributed by atoms with van der Waals surface area (Å²) in [7, 11) is 2.20. The molecule has 0 aromatic heterocycles. The Bertz CT molecular complexity index is 446. The summed E-state index contributed by atoms with van der Waals surface area (Å²) in [5, 5.41) is 13.6. The van der Waals surface area contributed by atoms with Gasteiger partial charge in [0.2, 0.25) is 0 Å². The number of likely N-dealkylation sites (tertiary alicyclic amines) is 1. The van der Waals surface area contributed by atoms with E-state index in [1.165, 1.54) is 18.5 Å². The van der Waals surface area contributed by atoms with Gasteiger partial charge in [-0.25, -0.2) is 0 Å². The van der Waals surface area contributed by atoms with Crippen molar-refractivity contribution in [1.29, 1.82) is 0 Å². The monoisotopic (exact) mass is 304 g/mol. The number of rotatable bonds is 6.